The van der Waals surface area contributed by atoms with Gasteiger partial charge in [0.05, 0.1) is 11.2 Å². The minimum Gasteiger partial charge on any atom is -0.468 e. The Bertz CT molecular complexity index is 1110. The van der Waals surface area contributed by atoms with Crippen molar-refractivity contribution in [3.8, 4) is 0 Å². The quantitative estimate of drug-likeness (QED) is 0.503. The second-order valence-electron chi connectivity index (χ2n) is 6.70. The lowest BCUT2D eigenvalue weighted by molar-refractivity contribution is -0.139. The third-order valence-electron chi connectivity index (χ3n) is 4.57. The first-order valence-corrected chi connectivity index (χ1v) is 11.4. The minimum absolute atomic E-state index is 0.0954. The second-order valence-corrected chi connectivity index (χ2v) is 9.27. The van der Waals surface area contributed by atoms with E-state index in [2.05, 4.69) is 10.6 Å². The first-order chi connectivity index (χ1) is 14.9. The Kier molecular flexibility index (Phi) is 7.49. The predicted molar refractivity (Wildman–Crippen MR) is 116 cm³/mol. The number of carbonyl (C=O) groups excluding carboxylic acids is 2. The predicted octanol–water partition coefficient (Wildman–Crippen LogP) is 2.92. The van der Waals surface area contributed by atoms with Gasteiger partial charge < -0.3 is 15.1 Å². The highest BCUT2D eigenvalue weighted by molar-refractivity contribution is 7.91. The van der Waals surface area contributed by atoms with Crippen LogP contribution in [0.25, 0.3) is 0 Å². The van der Waals surface area contributed by atoms with Crippen molar-refractivity contribution in [1.29, 1.82) is 0 Å². The van der Waals surface area contributed by atoms with Crippen LogP contribution in [0.5, 0.6) is 0 Å². The number of halogens is 1. The van der Waals surface area contributed by atoms with E-state index < -0.39 is 26.9 Å². The summed E-state index contributed by atoms with van der Waals surface area (Å²) in [5.41, 5.74) is 0.956. The molecule has 0 saturated heterocycles. The molecule has 0 saturated carbocycles. The number of benzene rings is 2. The Labute approximate surface area is 185 Å². The van der Waals surface area contributed by atoms with Crippen molar-refractivity contribution >= 4 is 33.3 Å². The van der Waals surface area contributed by atoms with E-state index in [0.29, 0.717) is 11.4 Å². The van der Waals surface area contributed by atoms with Gasteiger partial charge in [0, 0.05) is 18.1 Å². The molecule has 1 atom stereocenters. The summed E-state index contributed by atoms with van der Waals surface area (Å²) in [7, 11) is -3.85. The van der Waals surface area contributed by atoms with Gasteiger partial charge >= 0.3 is 11.8 Å². The standard InChI is InChI=1S/C22H21ClN2O5S/c23-17-10-8-16(9-11-17)12-13-24-21(26)22(27)25-15-20(19-7-4-14-30-19)31(28,29)18-5-2-1-3-6-18/h1-11,14,20H,12-13,15H2,(H,24,26)(H,25,27). The zero-order valence-electron chi connectivity index (χ0n) is 16.5. The zero-order chi connectivity index (χ0) is 22.3. The Balaban J connectivity index is 1.60. The largest absolute Gasteiger partial charge is 0.468 e. The smallest absolute Gasteiger partial charge is 0.309 e. The van der Waals surface area contributed by atoms with Crippen LogP contribution in [-0.2, 0) is 25.8 Å². The molecule has 9 heteroatoms. The molecular formula is C22H21ClN2O5S. The van der Waals surface area contributed by atoms with Crippen molar-refractivity contribution in [2.45, 2.75) is 16.6 Å². The fourth-order valence-corrected chi connectivity index (χ4v) is 4.66. The van der Waals surface area contributed by atoms with Crippen LogP contribution in [0.4, 0.5) is 0 Å². The van der Waals surface area contributed by atoms with Crippen LogP contribution in [0.3, 0.4) is 0 Å². The van der Waals surface area contributed by atoms with Crippen LogP contribution in [0.15, 0.2) is 82.3 Å². The molecule has 0 fully saturated rings. The molecule has 1 aromatic heterocycles. The van der Waals surface area contributed by atoms with Gasteiger partial charge in [0.15, 0.2) is 9.84 Å². The van der Waals surface area contributed by atoms with Crippen LogP contribution in [0.1, 0.15) is 16.6 Å². The van der Waals surface area contributed by atoms with Crippen LogP contribution in [0.2, 0.25) is 5.02 Å². The van der Waals surface area contributed by atoms with Gasteiger partial charge in [-0.2, -0.15) is 0 Å². The summed E-state index contributed by atoms with van der Waals surface area (Å²) in [6.45, 7) is -0.0635. The number of hydrogen-bond acceptors (Lipinski definition) is 5. The zero-order valence-corrected chi connectivity index (χ0v) is 18.0. The summed E-state index contributed by atoms with van der Waals surface area (Å²) < 4.78 is 31.4. The molecule has 2 N–H and O–H groups in total. The number of rotatable bonds is 8. The topological polar surface area (TPSA) is 105 Å². The molecule has 2 amide bonds. The van der Waals surface area contributed by atoms with Crippen molar-refractivity contribution in [2.24, 2.45) is 0 Å². The van der Waals surface area contributed by atoms with Crippen LogP contribution in [-0.4, -0.2) is 33.3 Å². The lowest BCUT2D eigenvalue weighted by atomic mass is 10.1. The molecule has 1 heterocycles. The van der Waals surface area contributed by atoms with Crippen molar-refractivity contribution in [3.05, 3.63) is 89.3 Å². The molecule has 3 aromatic rings. The average Bonchev–Trinajstić information content (AvgIpc) is 3.30. The lowest BCUT2D eigenvalue weighted by Crippen LogP contribution is -2.42. The van der Waals surface area contributed by atoms with E-state index in [1.165, 1.54) is 24.5 Å². The monoisotopic (exact) mass is 460 g/mol. The average molecular weight is 461 g/mol. The molecule has 0 bridgehead atoms. The summed E-state index contributed by atoms with van der Waals surface area (Å²) in [5, 5.41) is 4.36. The van der Waals surface area contributed by atoms with Gasteiger partial charge in [0.2, 0.25) is 0 Å². The van der Waals surface area contributed by atoms with E-state index in [1.54, 1.807) is 36.4 Å². The molecule has 2 aromatic carbocycles. The van der Waals surface area contributed by atoms with Crippen molar-refractivity contribution in [1.82, 2.24) is 10.6 Å². The van der Waals surface area contributed by atoms with E-state index >= 15 is 0 Å². The van der Waals surface area contributed by atoms with Crippen LogP contribution < -0.4 is 10.6 Å². The molecule has 0 aliphatic rings. The molecule has 162 valence electrons. The molecule has 0 aliphatic carbocycles. The molecule has 7 nitrogen and oxygen atoms in total. The Morgan fingerprint density at radius 1 is 0.903 bits per heavy atom. The minimum atomic E-state index is -3.85. The number of furan rings is 1. The summed E-state index contributed by atoms with van der Waals surface area (Å²) in [6, 6.07) is 18.1. The maximum atomic E-state index is 13.0. The van der Waals surface area contributed by atoms with Crippen LogP contribution in [0, 0.1) is 0 Å². The summed E-state index contributed by atoms with van der Waals surface area (Å²) >= 11 is 5.83. The molecule has 0 aliphatic heterocycles. The second kappa shape index (κ2) is 10.3. The number of hydrogen-bond donors (Lipinski definition) is 2. The van der Waals surface area contributed by atoms with E-state index in [0.717, 1.165) is 5.56 Å². The number of sulfone groups is 1. The van der Waals surface area contributed by atoms with Gasteiger partial charge in [-0.3, -0.25) is 9.59 Å². The van der Waals surface area contributed by atoms with Crippen molar-refractivity contribution in [3.63, 3.8) is 0 Å². The number of nitrogens with one attached hydrogen (secondary N) is 2. The van der Waals surface area contributed by atoms with Gasteiger partial charge in [-0.25, -0.2) is 8.42 Å². The SMILES string of the molecule is O=C(NCCc1ccc(Cl)cc1)C(=O)NCC(c1ccco1)S(=O)(=O)c1ccccc1. The summed E-state index contributed by atoms with van der Waals surface area (Å²) in [6.07, 6.45) is 1.88. The third-order valence-corrected chi connectivity index (χ3v) is 6.90. The first kappa shape index (κ1) is 22.6. The van der Waals surface area contributed by atoms with Crippen molar-refractivity contribution in [2.75, 3.05) is 13.1 Å². The van der Waals surface area contributed by atoms with Crippen LogP contribution >= 0.6 is 11.6 Å². The Morgan fingerprint density at radius 2 is 1.58 bits per heavy atom. The highest BCUT2D eigenvalue weighted by Crippen LogP contribution is 2.28. The maximum absolute atomic E-state index is 13.0. The third kappa shape index (κ3) is 5.96. The molecule has 0 radical (unpaired) electrons. The van der Waals surface area contributed by atoms with Gasteiger partial charge in [0.25, 0.3) is 0 Å². The molecule has 31 heavy (non-hydrogen) atoms. The lowest BCUT2D eigenvalue weighted by Gasteiger charge is -2.16. The highest BCUT2D eigenvalue weighted by Gasteiger charge is 2.32. The number of carbonyl (C=O) groups is 2. The Morgan fingerprint density at radius 3 is 2.23 bits per heavy atom. The molecule has 1 unspecified atom stereocenters. The number of amides is 2. The normalized spacial score (nSPS) is 12.2. The highest BCUT2D eigenvalue weighted by atomic mass is 35.5. The fraction of sp³-hybridized carbons (Fsp3) is 0.182. The van der Waals surface area contributed by atoms with Gasteiger partial charge in [-0.05, 0) is 48.4 Å². The molecule has 3 rings (SSSR count). The van der Waals surface area contributed by atoms with E-state index in [-0.39, 0.29) is 23.7 Å². The van der Waals surface area contributed by atoms with Gasteiger partial charge in [-0.15, -0.1) is 0 Å². The van der Waals surface area contributed by atoms with E-state index in [9.17, 15) is 18.0 Å². The van der Waals surface area contributed by atoms with Gasteiger partial charge in [0.1, 0.15) is 11.0 Å². The summed E-state index contributed by atoms with van der Waals surface area (Å²) in [4.78, 5) is 24.4. The van der Waals surface area contributed by atoms with E-state index in [4.69, 9.17) is 16.0 Å². The first-order valence-electron chi connectivity index (χ1n) is 9.51. The summed E-state index contributed by atoms with van der Waals surface area (Å²) in [5.74, 6) is -1.59. The van der Waals surface area contributed by atoms with E-state index in [1.807, 2.05) is 12.1 Å². The molecule has 0 spiro atoms. The van der Waals surface area contributed by atoms with Crippen molar-refractivity contribution < 1.29 is 22.4 Å². The fourth-order valence-electron chi connectivity index (χ4n) is 2.93. The van der Waals surface area contributed by atoms with Gasteiger partial charge in [-0.1, -0.05) is 41.9 Å². The molecular weight excluding hydrogens is 440 g/mol. The maximum Gasteiger partial charge on any atom is 0.309 e. The Hall–Kier alpha value is -3.10.